The van der Waals surface area contributed by atoms with Gasteiger partial charge in [-0.15, -0.1) is 0 Å². The van der Waals surface area contributed by atoms with E-state index in [9.17, 15) is 5.11 Å². The number of halogens is 1. The molecule has 1 unspecified atom stereocenters. The second kappa shape index (κ2) is 5.83. The first kappa shape index (κ1) is 11.3. The minimum Gasteiger partial charge on any atom is -0.391 e. The van der Waals surface area contributed by atoms with Crippen molar-refractivity contribution in [3.63, 3.8) is 0 Å². The van der Waals surface area contributed by atoms with Crippen LogP contribution in [0, 0.1) is 0 Å². The van der Waals surface area contributed by atoms with Crippen molar-refractivity contribution < 1.29 is 5.11 Å². The SMILES string of the molecule is CCCC(O)CNc1ccncc1Cl. The zero-order chi connectivity index (χ0) is 10.4. The van der Waals surface area contributed by atoms with Gasteiger partial charge >= 0.3 is 0 Å². The van der Waals surface area contributed by atoms with Crippen molar-refractivity contribution >= 4 is 17.3 Å². The van der Waals surface area contributed by atoms with Gasteiger partial charge in [-0.25, -0.2) is 0 Å². The molecule has 0 aromatic carbocycles. The van der Waals surface area contributed by atoms with Crippen molar-refractivity contribution in [3.8, 4) is 0 Å². The van der Waals surface area contributed by atoms with E-state index >= 15 is 0 Å². The number of nitrogens with zero attached hydrogens (tertiary/aromatic N) is 1. The number of aliphatic hydroxyl groups excluding tert-OH is 1. The minimum absolute atomic E-state index is 0.316. The fraction of sp³-hybridized carbons (Fsp3) is 0.500. The van der Waals surface area contributed by atoms with Gasteiger partial charge in [0.25, 0.3) is 0 Å². The molecule has 1 atom stereocenters. The van der Waals surface area contributed by atoms with E-state index < -0.39 is 0 Å². The number of rotatable bonds is 5. The number of aliphatic hydroxyl groups is 1. The zero-order valence-corrected chi connectivity index (χ0v) is 8.96. The highest BCUT2D eigenvalue weighted by molar-refractivity contribution is 6.33. The third-order valence-electron chi connectivity index (χ3n) is 1.92. The van der Waals surface area contributed by atoms with Crippen molar-refractivity contribution in [1.29, 1.82) is 0 Å². The molecule has 0 aliphatic heterocycles. The molecule has 78 valence electrons. The molecule has 3 nitrogen and oxygen atoms in total. The summed E-state index contributed by atoms with van der Waals surface area (Å²) in [6.07, 6.45) is 4.71. The molecule has 0 aliphatic rings. The molecular formula is C10H15ClN2O. The average molecular weight is 215 g/mol. The lowest BCUT2D eigenvalue weighted by molar-refractivity contribution is 0.176. The van der Waals surface area contributed by atoms with Crippen molar-refractivity contribution in [3.05, 3.63) is 23.5 Å². The maximum Gasteiger partial charge on any atom is 0.0820 e. The Morgan fingerprint density at radius 3 is 3.07 bits per heavy atom. The number of aromatic nitrogens is 1. The first-order valence-corrected chi connectivity index (χ1v) is 5.13. The Labute approximate surface area is 89.1 Å². The monoisotopic (exact) mass is 214 g/mol. The van der Waals surface area contributed by atoms with Gasteiger partial charge in [0.05, 0.1) is 16.8 Å². The summed E-state index contributed by atoms with van der Waals surface area (Å²) in [6, 6.07) is 1.79. The van der Waals surface area contributed by atoms with Crippen LogP contribution in [0.15, 0.2) is 18.5 Å². The first-order chi connectivity index (χ1) is 6.74. The molecule has 0 radical (unpaired) electrons. The van der Waals surface area contributed by atoms with Crippen molar-refractivity contribution in [1.82, 2.24) is 4.98 Å². The summed E-state index contributed by atoms with van der Waals surface area (Å²) in [5.74, 6) is 0. The van der Waals surface area contributed by atoms with Crippen LogP contribution in [0.2, 0.25) is 5.02 Å². The highest BCUT2D eigenvalue weighted by atomic mass is 35.5. The second-order valence-electron chi connectivity index (χ2n) is 3.18. The molecule has 1 aromatic heterocycles. The molecule has 0 spiro atoms. The summed E-state index contributed by atoms with van der Waals surface area (Å²) in [6.45, 7) is 2.57. The Morgan fingerprint density at radius 1 is 1.64 bits per heavy atom. The smallest absolute Gasteiger partial charge is 0.0820 e. The predicted octanol–water partition coefficient (Wildman–Crippen LogP) is 2.31. The quantitative estimate of drug-likeness (QED) is 0.791. The Hall–Kier alpha value is -0.800. The summed E-state index contributed by atoms with van der Waals surface area (Å²) in [5, 5.41) is 13.1. The lowest BCUT2D eigenvalue weighted by Gasteiger charge is -2.12. The van der Waals surface area contributed by atoms with Crippen LogP contribution in [0.25, 0.3) is 0 Å². The van der Waals surface area contributed by atoms with E-state index in [1.807, 2.05) is 6.92 Å². The van der Waals surface area contributed by atoms with Gasteiger partial charge in [-0.1, -0.05) is 24.9 Å². The summed E-state index contributed by atoms with van der Waals surface area (Å²) >= 11 is 5.88. The summed E-state index contributed by atoms with van der Waals surface area (Å²) in [4.78, 5) is 3.87. The predicted molar refractivity (Wildman–Crippen MR) is 58.7 cm³/mol. The number of anilines is 1. The molecule has 2 N–H and O–H groups in total. The molecule has 0 amide bonds. The van der Waals surface area contributed by atoms with Gasteiger partial charge in [0.2, 0.25) is 0 Å². The van der Waals surface area contributed by atoms with Gasteiger partial charge in [-0.2, -0.15) is 0 Å². The van der Waals surface area contributed by atoms with E-state index in [0.717, 1.165) is 18.5 Å². The number of pyridine rings is 1. The van der Waals surface area contributed by atoms with Crippen LogP contribution >= 0.6 is 11.6 Å². The van der Waals surface area contributed by atoms with Crippen LogP contribution in [0.3, 0.4) is 0 Å². The van der Waals surface area contributed by atoms with Crippen LogP contribution in [0.4, 0.5) is 5.69 Å². The van der Waals surface area contributed by atoms with Gasteiger partial charge in [0, 0.05) is 18.9 Å². The van der Waals surface area contributed by atoms with E-state index in [2.05, 4.69) is 10.3 Å². The minimum atomic E-state index is -0.316. The Kier molecular flexibility index (Phi) is 4.70. The van der Waals surface area contributed by atoms with Gasteiger partial charge in [-0.05, 0) is 12.5 Å². The van der Waals surface area contributed by atoms with Crippen LogP contribution in [-0.2, 0) is 0 Å². The number of hydrogen-bond donors (Lipinski definition) is 2. The van der Waals surface area contributed by atoms with Gasteiger partial charge < -0.3 is 10.4 Å². The van der Waals surface area contributed by atoms with Gasteiger partial charge in [0.1, 0.15) is 0 Å². The molecule has 4 heteroatoms. The molecule has 0 saturated carbocycles. The number of nitrogens with one attached hydrogen (secondary N) is 1. The number of hydrogen-bond acceptors (Lipinski definition) is 3. The lowest BCUT2D eigenvalue weighted by atomic mass is 10.2. The van der Waals surface area contributed by atoms with Gasteiger partial charge in [0.15, 0.2) is 0 Å². The highest BCUT2D eigenvalue weighted by Gasteiger charge is 2.03. The van der Waals surface area contributed by atoms with Crippen LogP contribution in [-0.4, -0.2) is 22.7 Å². The Bertz CT molecular complexity index is 281. The average Bonchev–Trinajstić information content (AvgIpc) is 2.17. The summed E-state index contributed by atoms with van der Waals surface area (Å²) in [7, 11) is 0. The topological polar surface area (TPSA) is 45.1 Å². The molecular weight excluding hydrogens is 200 g/mol. The first-order valence-electron chi connectivity index (χ1n) is 4.75. The molecule has 1 rings (SSSR count). The maximum atomic E-state index is 9.48. The zero-order valence-electron chi connectivity index (χ0n) is 8.20. The Balaban J connectivity index is 2.41. The van der Waals surface area contributed by atoms with Crippen molar-refractivity contribution in [2.24, 2.45) is 0 Å². The standard InChI is InChI=1S/C10H15ClN2O/c1-2-3-8(14)6-13-10-4-5-12-7-9(10)11/h4-5,7-8,14H,2-3,6H2,1H3,(H,12,13). The van der Waals surface area contributed by atoms with Crippen molar-refractivity contribution in [2.45, 2.75) is 25.9 Å². The second-order valence-corrected chi connectivity index (χ2v) is 3.59. The molecule has 0 fully saturated rings. The largest absolute Gasteiger partial charge is 0.391 e. The van der Waals surface area contributed by atoms with E-state index in [-0.39, 0.29) is 6.10 Å². The fourth-order valence-corrected chi connectivity index (χ4v) is 1.37. The van der Waals surface area contributed by atoms with E-state index in [0.29, 0.717) is 11.6 Å². The molecule has 1 heterocycles. The summed E-state index contributed by atoms with van der Waals surface area (Å²) in [5.41, 5.74) is 0.816. The molecule has 14 heavy (non-hydrogen) atoms. The summed E-state index contributed by atoms with van der Waals surface area (Å²) < 4.78 is 0. The Morgan fingerprint density at radius 2 is 2.43 bits per heavy atom. The van der Waals surface area contributed by atoms with Gasteiger partial charge in [-0.3, -0.25) is 4.98 Å². The third kappa shape index (κ3) is 3.52. The molecule has 0 bridgehead atoms. The van der Waals surface area contributed by atoms with Crippen molar-refractivity contribution in [2.75, 3.05) is 11.9 Å². The molecule has 0 aliphatic carbocycles. The highest BCUT2D eigenvalue weighted by Crippen LogP contribution is 2.18. The maximum absolute atomic E-state index is 9.48. The van der Waals surface area contributed by atoms with E-state index in [1.54, 1.807) is 18.5 Å². The van der Waals surface area contributed by atoms with Crippen LogP contribution in [0.1, 0.15) is 19.8 Å². The lowest BCUT2D eigenvalue weighted by Crippen LogP contribution is -2.19. The normalized spacial score (nSPS) is 12.5. The van der Waals surface area contributed by atoms with E-state index in [1.165, 1.54) is 0 Å². The van der Waals surface area contributed by atoms with Crippen LogP contribution < -0.4 is 5.32 Å². The fourth-order valence-electron chi connectivity index (χ4n) is 1.18. The van der Waals surface area contributed by atoms with E-state index in [4.69, 9.17) is 11.6 Å². The van der Waals surface area contributed by atoms with Crippen LogP contribution in [0.5, 0.6) is 0 Å². The molecule has 0 saturated heterocycles. The third-order valence-corrected chi connectivity index (χ3v) is 2.22. The molecule has 1 aromatic rings.